The average molecular weight is 264 g/mol. The second kappa shape index (κ2) is 3.92. The van der Waals surface area contributed by atoms with E-state index in [4.69, 9.17) is 11.6 Å². The summed E-state index contributed by atoms with van der Waals surface area (Å²) in [7, 11) is 0. The van der Waals surface area contributed by atoms with Crippen molar-refractivity contribution in [2.75, 3.05) is 4.90 Å². The highest BCUT2D eigenvalue weighted by Gasteiger charge is 2.37. The molecule has 1 aromatic heterocycles. The maximum absolute atomic E-state index is 11.9. The lowest BCUT2D eigenvalue weighted by atomic mass is 10.1. The number of fused-ring (bicyclic) bond motifs is 1. The average Bonchev–Trinajstić information content (AvgIpc) is 2.94. The number of nitrogens with zero attached hydrogens (tertiary/aromatic N) is 3. The zero-order valence-electron chi connectivity index (χ0n) is 8.96. The summed E-state index contributed by atoms with van der Waals surface area (Å²) in [6, 6.07) is 4.91. The molecule has 90 valence electrons. The molecule has 0 bridgehead atoms. The number of benzene rings is 1. The van der Waals surface area contributed by atoms with E-state index < -0.39 is 11.7 Å². The molecule has 1 amide bonds. The van der Waals surface area contributed by atoms with E-state index in [0.29, 0.717) is 11.5 Å². The van der Waals surface area contributed by atoms with Gasteiger partial charge in [-0.1, -0.05) is 22.8 Å². The third kappa shape index (κ3) is 1.50. The van der Waals surface area contributed by atoms with E-state index in [1.807, 2.05) is 0 Å². The summed E-state index contributed by atoms with van der Waals surface area (Å²) >= 11 is 5.93. The van der Waals surface area contributed by atoms with E-state index in [1.165, 1.54) is 4.90 Å². The number of aromatic nitrogens is 2. The summed E-state index contributed by atoms with van der Waals surface area (Å²) in [5, 5.41) is 3.88. The Balaban J connectivity index is 2.05. The Kier molecular flexibility index (Phi) is 2.38. The number of anilines is 1. The Hall–Kier alpha value is -2.21. The molecule has 0 unspecified atom stereocenters. The molecule has 1 aliphatic heterocycles. The minimum Gasteiger partial charge on any atom is -0.343 e. The van der Waals surface area contributed by atoms with Crippen LogP contribution in [0.5, 0.6) is 0 Å². The minimum absolute atomic E-state index is 0.0778. The van der Waals surface area contributed by atoms with Crippen molar-refractivity contribution >= 4 is 29.0 Å². The Bertz CT molecular complexity index is 639. The van der Waals surface area contributed by atoms with Gasteiger partial charge in [-0.05, 0) is 12.1 Å². The molecule has 0 spiro atoms. The van der Waals surface area contributed by atoms with Crippen molar-refractivity contribution in [2.45, 2.75) is 6.54 Å². The number of carbonyl (C=O) groups excluding carboxylic acids is 2. The van der Waals surface area contributed by atoms with Gasteiger partial charge in [0.05, 0.1) is 22.8 Å². The first kappa shape index (κ1) is 10.9. The van der Waals surface area contributed by atoms with Gasteiger partial charge in [0.2, 0.25) is 6.39 Å². The van der Waals surface area contributed by atoms with Crippen LogP contribution in [0, 0.1) is 0 Å². The van der Waals surface area contributed by atoms with Crippen molar-refractivity contribution in [1.29, 1.82) is 0 Å². The number of hydrogen-bond donors (Lipinski definition) is 0. The van der Waals surface area contributed by atoms with Gasteiger partial charge in [0.15, 0.2) is 5.82 Å². The lowest BCUT2D eigenvalue weighted by Gasteiger charge is -2.13. The van der Waals surface area contributed by atoms with Gasteiger partial charge >= 0.3 is 0 Å². The highest BCUT2D eigenvalue weighted by Crippen LogP contribution is 2.34. The third-order valence-electron chi connectivity index (χ3n) is 2.66. The summed E-state index contributed by atoms with van der Waals surface area (Å²) in [6.45, 7) is 0.0778. The van der Waals surface area contributed by atoms with Crippen LogP contribution in [0.25, 0.3) is 0 Å². The summed E-state index contributed by atoms with van der Waals surface area (Å²) < 4.78 is 4.59. The van der Waals surface area contributed by atoms with Crippen molar-refractivity contribution in [2.24, 2.45) is 0 Å². The second-order valence-electron chi connectivity index (χ2n) is 3.70. The van der Waals surface area contributed by atoms with Gasteiger partial charge in [0.25, 0.3) is 11.7 Å². The number of rotatable bonds is 2. The number of carbonyl (C=O) groups is 2. The van der Waals surface area contributed by atoms with Crippen molar-refractivity contribution < 1.29 is 14.1 Å². The number of Topliss-reactive ketones (excluding diaryl/α,β-unsaturated/α-hetero) is 1. The molecular formula is C11H6ClN3O3. The molecule has 0 aliphatic carbocycles. The first-order valence-electron chi connectivity index (χ1n) is 5.08. The number of halogens is 1. The smallest absolute Gasteiger partial charge is 0.299 e. The van der Waals surface area contributed by atoms with Crippen LogP contribution < -0.4 is 4.90 Å². The van der Waals surface area contributed by atoms with E-state index >= 15 is 0 Å². The maximum atomic E-state index is 11.9. The standard InChI is InChI=1S/C11H6ClN3O3/c12-6-2-1-3-7-9(6)10(16)11(17)15(7)4-8-13-5-18-14-8/h1-3,5H,4H2. The van der Waals surface area contributed by atoms with Crippen molar-refractivity contribution in [3.8, 4) is 0 Å². The van der Waals surface area contributed by atoms with E-state index in [0.717, 1.165) is 6.39 Å². The fourth-order valence-electron chi connectivity index (χ4n) is 1.86. The Morgan fingerprint density at radius 2 is 2.17 bits per heavy atom. The van der Waals surface area contributed by atoms with Crippen LogP contribution >= 0.6 is 11.6 Å². The quantitative estimate of drug-likeness (QED) is 0.767. The Morgan fingerprint density at radius 3 is 2.89 bits per heavy atom. The molecule has 2 heterocycles. The molecule has 2 aromatic rings. The molecule has 1 aromatic carbocycles. The van der Waals surface area contributed by atoms with E-state index in [1.54, 1.807) is 18.2 Å². The van der Waals surface area contributed by atoms with Crippen LogP contribution in [0.2, 0.25) is 5.02 Å². The Labute approximate surface area is 106 Å². The molecule has 0 fully saturated rings. The lowest BCUT2D eigenvalue weighted by Crippen LogP contribution is -2.29. The number of ketones is 1. The van der Waals surface area contributed by atoms with Gasteiger partial charge in [0.1, 0.15) is 0 Å². The topological polar surface area (TPSA) is 76.3 Å². The van der Waals surface area contributed by atoms with Gasteiger partial charge in [-0.3, -0.25) is 14.5 Å². The molecule has 3 rings (SSSR count). The number of amides is 1. The Morgan fingerprint density at radius 1 is 1.33 bits per heavy atom. The van der Waals surface area contributed by atoms with Gasteiger partial charge < -0.3 is 4.52 Å². The molecule has 0 N–H and O–H groups in total. The minimum atomic E-state index is -0.636. The predicted octanol–water partition coefficient (Wildman–Crippen LogP) is 1.45. The van der Waals surface area contributed by atoms with Crippen LogP contribution in [-0.2, 0) is 11.3 Å². The molecule has 0 atom stereocenters. The van der Waals surface area contributed by atoms with Crippen LogP contribution in [0.3, 0.4) is 0 Å². The largest absolute Gasteiger partial charge is 0.343 e. The molecule has 0 saturated carbocycles. The van der Waals surface area contributed by atoms with Crippen LogP contribution in [-0.4, -0.2) is 21.8 Å². The summed E-state index contributed by atoms with van der Waals surface area (Å²) in [4.78, 5) is 28.8. The fourth-order valence-corrected chi connectivity index (χ4v) is 2.12. The van der Waals surface area contributed by atoms with Gasteiger partial charge in [-0.25, -0.2) is 0 Å². The first-order valence-corrected chi connectivity index (χ1v) is 5.46. The van der Waals surface area contributed by atoms with Crippen molar-refractivity contribution in [1.82, 2.24) is 10.1 Å². The maximum Gasteiger partial charge on any atom is 0.299 e. The normalized spacial score (nSPS) is 14.2. The van der Waals surface area contributed by atoms with Crippen molar-refractivity contribution in [3.63, 3.8) is 0 Å². The van der Waals surface area contributed by atoms with Gasteiger partial charge in [0, 0.05) is 0 Å². The third-order valence-corrected chi connectivity index (χ3v) is 2.97. The SMILES string of the molecule is O=C1C(=O)N(Cc2ncon2)c2cccc(Cl)c21. The second-order valence-corrected chi connectivity index (χ2v) is 4.11. The zero-order valence-corrected chi connectivity index (χ0v) is 9.72. The monoisotopic (exact) mass is 263 g/mol. The van der Waals surface area contributed by atoms with Gasteiger partial charge in [-0.2, -0.15) is 4.98 Å². The lowest BCUT2D eigenvalue weighted by molar-refractivity contribution is -0.114. The fraction of sp³-hybridized carbons (Fsp3) is 0.0909. The van der Waals surface area contributed by atoms with E-state index in [2.05, 4.69) is 14.7 Å². The highest BCUT2D eigenvalue weighted by atomic mass is 35.5. The molecule has 6 nitrogen and oxygen atoms in total. The predicted molar refractivity (Wildman–Crippen MR) is 61.3 cm³/mol. The molecular weight excluding hydrogens is 258 g/mol. The van der Waals surface area contributed by atoms with Gasteiger partial charge in [-0.15, -0.1) is 0 Å². The van der Waals surface area contributed by atoms with Crippen molar-refractivity contribution in [3.05, 3.63) is 41.0 Å². The summed E-state index contributed by atoms with van der Waals surface area (Å²) in [6.07, 6.45) is 1.16. The van der Waals surface area contributed by atoms with Crippen LogP contribution in [0.4, 0.5) is 5.69 Å². The van der Waals surface area contributed by atoms with Crippen LogP contribution in [0.15, 0.2) is 29.1 Å². The number of hydrogen-bond acceptors (Lipinski definition) is 5. The summed E-state index contributed by atoms with van der Waals surface area (Å²) in [5.41, 5.74) is 0.704. The first-order chi connectivity index (χ1) is 8.68. The molecule has 0 radical (unpaired) electrons. The zero-order chi connectivity index (χ0) is 12.7. The summed E-state index contributed by atoms with van der Waals surface area (Å²) in [5.74, 6) is -0.925. The molecule has 7 heteroatoms. The molecule has 1 aliphatic rings. The van der Waals surface area contributed by atoms with Crippen LogP contribution in [0.1, 0.15) is 16.2 Å². The molecule has 18 heavy (non-hydrogen) atoms. The van der Waals surface area contributed by atoms with E-state index in [-0.39, 0.29) is 17.1 Å². The molecule has 0 saturated heterocycles. The highest BCUT2D eigenvalue weighted by molar-refractivity contribution is 6.55. The van der Waals surface area contributed by atoms with E-state index in [9.17, 15) is 9.59 Å².